The summed E-state index contributed by atoms with van der Waals surface area (Å²) in [5, 5.41) is 0. The van der Waals surface area contributed by atoms with Gasteiger partial charge in [0.05, 0.1) is 6.61 Å². The minimum absolute atomic E-state index is 0.0233. The molecule has 0 heterocycles. The molecule has 5 heteroatoms. The maximum atomic E-state index is 15.3. The molecule has 0 bridgehead atoms. The molecule has 0 aromatic heterocycles. The van der Waals surface area contributed by atoms with Crippen molar-refractivity contribution in [2.75, 3.05) is 6.61 Å². The summed E-state index contributed by atoms with van der Waals surface area (Å²) in [7, 11) is 0. The number of hydrogen-bond donors (Lipinski definition) is 0. The Bertz CT molecular complexity index is 1120. The number of carbonyl (C=O) groups excluding carboxylic acids is 1. The molecule has 3 nitrogen and oxygen atoms in total. The normalized spacial score (nSPS) is 13.3. The highest BCUT2D eigenvalue weighted by atomic mass is 19.3. The van der Waals surface area contributed by atoms with Gasteiger partial charge in [0.25, 0.3) is 5.92 Å². The first-order valence-electron chi connectivity index (χ1n) is 9.68. The number of carbonyl (C=O) groups is 1. The predicted molar refractivity (Wildman–Crippen MR) is 112 cm³/mol. The lowest BCUT2D eigenvalue weighted by molar-refractivity contribution is -0.128. The van der Waals surface area contributed by atoms with Crippen LogP contribution >= 0.6 is 0 Å². The van der Waals surface area contributed by atoms with Gasteiger partial charge in [-0.1, -0.05) is 43.8 Å². The molecule has 0 atom stereocenters. The van der Waals surface area contributed by atoms with E-state index in [2.05, 4.69) is 6.58 Å². The second-order valence-corrected chi connectivity index (χ2v) is 7.04. The summed E-state index contributed by atoms with van der Waals surface area (Å²) >= 11 is 0. The van der Waals surface area contributed by atoms with E-state index in [0.717, 1.165) is 18.1 Å². The minimum Gasteiger partial charge on any atom is -0.494 e. The number of fused-ring (bicyclic) bond motifs is 3. The number of alkyl halides is 2. The molecule has 0 saturated carbocycles. The van der Waals surface area contributed by atoms with Crippen molar-refractivity contribution in [3.8, 4) is 33.8 Å². The van der Waals surface area contributed by atoms with E-state index in [-0.39, 0.29) is 11.1 Å². The highest BCUT2D eigenvalue weighted by Crippen LogP contribution is 2.52. The average molecular weight is 406 g/mol. The van der Waals surface area contributed by atoms with Gasteiger partial charge < -0.3 is 9.47 Å². The van der Waals surface area contributed by atoms with E-state index in [9.17, 15) is 4.79 Å². The van der Waals surface area contributed by atoms with Gasteiger partial charge in [0.1, 0.15) is 11.5 Å². The lowest BCUT2D eigenvalue weighted by atomic mass is 9.98. The van der Waals surface area contributed by atoms with Gasteiger partial charge in [-0.15, -0.1) is 0 Å². The largest absolute Gasteiger partial charge is 0.494 e. The van der Waals surface area contributed by atoms with E-state index >= 15 is 8.78 Å². The average Bonchev–Trinajstić information content (AvgIpc) is 2.99. The van der Waals surface area contributed by atoms with Crippen LogP contribution in [0, 0.1) is 0 Å². The third-order valence-corrected chi connectivity index (χ3v) is 5.02. The summed E-state index contributed by atoms with van der Waals surface area (Å²) in [6, 6.07) is 16.6. The van der Waals surface area contributed by atoms with Crippen LogP contribution in [0.1, 0.15) is 24.5 Å². The monoisotopic (exact) mass is 406 g/mol. The molecule has 0 saturated heterocycles. The highest BCUT2D eigenvalue weighted by molar-refractivity contribution is 5.84. The maximum absolute atomic E-state index is 15.3. The van der Waals surface area contributed by atoms with Crippen LogP contribution in [0.3, 0.4) is 0 Å². The molecule has 3 aromatic carbocycles. The number of esters is 1. The van der Waals surface area contributed by atoms with Crippen LogP contribution in [0.5, 0.6) is 11.5 Å². The zero-order chi connectivity index (χ0) is 21.3. The van der Waals surface area contributed by atoms with Crippen LogP contribution in [0.25, 0.3) is 22.3 Å². The molecule has 0 unspecified atom stereocenters. The maximum Gasteiger partial charge on any atom is 0.335 e. The van der Waals surface area contributed by atoms with Gasteiger partial charge >= 0.3 is 5.97 Å². The van der Waals surface area contributed by atoms with Crippen LogP contribution in [-0.2, 0) is 10.7 Å². The summed E-state index contributed by atoms with van der Waals surface area (Å²) in [5.41, 5.74) is 2.40. The third kappa shape index (κ3) is 3.47. The van der Waals surface area contributed by atoms with Gasteiger partial charge in [-0.25, -0.2) is 4.79 Å². The van der Waals surface area contributed by atoms with Gasteiger partial charge in [0.2, 0.25) is 0 Å². The summed E-state index contributed by atoms with van der Waals surface area (Å²) in [6.45, 7) is 5.81. The van der Waals surface area contributed by atoms with Crippen LogP contribution in [0.2, 0.25) is 0 Å². The van der Waals surface area contributed by atoms with E-state index in [4.69, 9.17) is 9.47 Å². The fourth-order valence-electron chi connectivity index (χ4n) is 3.56. The quantitative estimate of drug-likeness (QED) is 0.272. The molecule has 0 amide bonds. The van der Waals surface area contributed by atoms with Crippen molar-refractivity contribution in [1.29, 1.82) is 0 Å². The summed E-state index contributed by atoms with van der Waals surface area (Å²) in [6.07, 6.45) is 1.88. The van der Waals surface area contributed by atoms with Crippen molar-refractivity contribution < 1.29 is 23.0 Å². The van der Waals surface area contributed by atoms with Gasteiger partial charge in [-0.05, 0) is 59.0 Å². The van der Waals surface area contributed by atoms with E-state index in [1.54, 1.807) is 42.5 Å². The molecule has 0 spiro atoms. The lowest BCUT2D eigenvalue weighted by Gasteiger charge is -2.14. The van der Waals surface area contributed by atoms with Crippen molar-refractivity contribution >= 4 is 5.97 Å². The van der Waals surface area contributed by atoms with Crippen LogP contribution in [-0.4, -0.2) is 12.6 Å². The van der Waals surface area contributed by atoms with Crippen molar-refractivity contribution in [2.24, 2.45) is 0 Å². The fourth-order valence-corrected chi connectivity index (χ4v) is 3.56. The summed E-state index contributed by atoms with van der Waals surface area (Å²) in [5.74, 6) is -2.85. The zero-order valence-electron chi connectivity index (χ0n) is 16.5. The molecule has 1 aliphatic rings. The summed E-state index contributed by atoms with van der Waals surface area (Å²) < 4.78 is 41.1. The number of ether oxygens (including phenoxy) is 2. The first-order valence-corrected chi connectivity index (χ1v) is 9.68. The molecule has 4 rings (SSSR count). The van der Waals surface area contributed by atoms with Crippen LogP contribution in [0.15, 0.2) is 73.3 Å². The first kappa shape index (κ1) is 19.8. The van der Waals surface area contributed by atoms with Crippen molar-refractivity contribution in [1.82, 2.24) is 0 Å². The Hall–Kier alpha value is -3.47. The molecule has 1 aliphatic carbocycles. The second-order valence-electron chi connectivity index (χ2n) is 7.04. The lowest BCUT2D eigenvalue weighted by Crippen LogP contribution is -2.11. The molecular weight excluding hydrogens is 386 g/mol. The number of halogens is 2. The van der Waals surface area contributed by atoms with E-state index in [1.807, 2.05) is 13.0 Å². The molecule has 152 valence electrons. The smallest absolute Gasteiger partial charge is 0.335 e. The second kappa shape index (κ2) is 7.75. The Morgan fingerprint density at radius 3 is 2.20 bits per heavy atom. The van der Waals surface area contributed by atoms with Crippen LogP contribution in [0.4, 0.5) is 8.78 Å². The SMILES string of the molecule is C=CC(=O)Oc1ccc(-c2ccc3c(c2)C(F)(F)c2cc(OCCC)ccc2-3)cc1. The Balaban J connectivity index is 1.67. The van der Waals surface area contributed by atoms with Crippen molar-refractivity contribution in [3.05, 3.63) is 84.4 Å². The fraction of sp³-hybridized carbons (Fsp3) is 0.160. The Morgan fingerprint density at radius 1 is 0.933 bits per heavy atom. The Kier molecular flexibility index (Phi) is 5.12. The predicted octanol–water partition coefficient (Wildman–Crippen LogP) is 6.35. The van der Waals surface area contributed by atoms with Gasteiger partial charge in [-0.3, -0.25) is 0 Å². The van der Waals surface area contributed by atoms with Gasteiger partial charge in [-0.2, -0.15) is 8.78 Å². The van der Waals surface area contributed by atoms with E-state index in [1.165, 1.54) is 12.1 Å². The van der Waals surface area contributed by atoms with E-state index < -0.39 is 11.9 Å². The summed E-state index contributed by atoms with van der Waals surface area (Å²) in [4.78, 5) is 11.3. The van der Waals surface area contributed by atoms with Crippen molar-refractivity contribution in [3.63, 3.8) is 0 Å². The molecule has 0 radical (unpaired) electrons. The molecule has 0 N–H and O–H groups in total. The highest BCUT2D eigenvalue weighted by Gasteiger charge is 2.44. The molecular formula is C25H20F2O3. The topological polar surface area (TPSA) is 35.5 Å². The molecule has 30 heavy (non-hydrogen) atoms. The van der Waals surface area contributed by atoms with Gasteiger partial charge in [0, 0.05) is 17.2 Å². The standard InChI is InChI=1S/C25H20F2O3/c1-3-13-29-19-10-12-21-20-11-7-17(14-22(20)25(26,27)23(21)15-19)16-5-8-18(9-6-16)30-24(28)4-2/h4-12,14-15H,2-3,13H2,1H3. The minimum atomic E-state index is -3.11. The number of hydrogen-bond acceptors (Lipinski definition) is 3. The van der Waals surface area contributed by atoms with Crippen molar-refractivity contribution in [2.45, 2.75) is 19.3 Å². The molecule has 3 aromatic rings. The zero-order valence-corrected chi connectivity index (χ0v) is 16.5. The number of benzene rings is 3. The van der Waals surface area contributed by atoms with Gasteiger partial charge in [0.15, 0.2) is 0 Å². The first-order chi connectivity index (χ1) is 14.4. The van der Waals surface area contributed by atoms with Crippen LogP contribution < -0.4 is 9.47 Å². The van der Waals surface area contributed by atoms with E-state index in [0.29, 0.717) is 34.8 Å². The third-order valence-electron chi connectivity index (χ3n) is 5.02. The molecule has 0 aliphatic heterocycles. The molecule has 0 fully saturated rings. The number of rotatable bonds is 6. The Labute approximate surface area is 173 Å². The Morgan fingerprint density at radius 2 is 1.53 bits per heavy atom.